The van der Waals surface area contributed by atoms with Crippen LogP contribution in [0.2, 0.25) is 0 Å². The Labute approximate surface area is 131 Å². The highest BCUT2D eigenvalue weighted by atomic mass is 15.2. The molecule has 0 aromatic heterocycles. The molecule has 1 heterocycles. The van der Waals surface area contributed by atoms with Gasteiger partial charge in [-0.15, -0.1) is 0 Å². The fraction of sp³-hybridized carbons (Fsp3) is 0.833. The zero-order chi connectivity index (χ0) is 15.2. The van der Waals surface area contributed by atoms with Crippen LogP contribution in [0.15, 0.2) is 17.1 Å². The van der Waals surface area contributed by atoms with Gasteiger partial charge in [0.2, 0.25) is 0 Å². The van der Waals surface area contributed by atoms with Crippen LogP contribution in [0.25, 0.3) is 0 Å². The molecule has 0 fully saturated rings. The minimum absolute atomic E-state index is 0.742. The summed E-state index contributed by atoms with van der Waals surface area (Å²) in [6, 6.07) is 0. The first-order valence-electron chi connectivity index (χ1n) is 9.01. The van der Waals surface area contributed by atoms with Crippen LogP contribution in [0.1, 0.15) is 71.1 Å². The van der Waals surface area contributed by atoms with Gasteiger partial charge < -0.3 is 10.6 Å². The summed E-state index contributed by atoms with van der Waals surface area (Å²) in [6.45, 7) is 6.01. The number of amidine groups is 1. The molecule has 0 aromatic carbocycles. The smallest absolute Gasteiger partial charge is 0.0990 e. The first-order valence-corrected chi connectivity index (χ1v) is 9.01. The van der Waals surface area contributed by atoms with Crippen molar-refractivity contribution < 1.29 is 0 Å². The minimum Gasteiger partial charge on any atom is -0.357 e. The lowest BCUT2D eigenvalue weighted by Gasteiger charge is -2.19. The number of rotatable bonds is 13. The zero-order valence-corrected chi connectivity index (χ0v) is 14.0. The lowest BCUT2D eigenvalue weighted by atomic mass is 10.1. The molecule has 0 radical (unpaired) electrons. The largest absolute Gasteiger partial charge is 0.357 e. The van der Waals surface area contributed by atoms with Crippen molar-refractivity contribution in [3.8, 4) is 0 Å². The van der Waals surface area contributed by atoms with E-state index in [2.05, 4.69) is 29.0 Å². The number of aliphatic imine (C=N–C) groups is 1. The summed E-state index contributed by atoms with van der Waals surface area (Å²) < 4.78 is 0. The van der Waals surface area contributed by atoms with Crippen LogP contribution in [0.3, 0.4) is 0 Å². The van der Waals surface area contributed by atoms with E-state index in [9.17, 15) is 0 Å². The van der Waals surface area contributed by atoms with Crippen molar-refractivity contribution in [3.05, 3.63) is 12.2 Å². The standard InChI is InChI=1S/C18H35N3/c1-2-3-4-5-6-7-8-9-10-11-12-13-18-20-15-17-21(18)16-14-19/h4-5H,2-3,6-17,19H2,1H3/b5-4+. The molecular formula is C18H35N3. The van der Waals surface area contributed by atoms with Gasteiger partial charge in [-0.05, 0) is 25.7 Å². The Kier molecular flexibility index (Phi) is 11.2. The summed E-state index contributed by atoms with van der Waals surface area (Å²) in [4.78, 5) is 6.96. The van der Waals surface area contributed by atoms with Gasteiger partial charge in [-0.25, -0.2) is 0 Å². The summed E-state index contributed by atoms with van der Waals surface area (Å²) in [5.41, 5.74) is 5.63. The molecule has 0 bridgehead atoms. The Hall–Kier alpha value is -0.830. The third-order valence-electron chi connectivity index (χ3n) is 4.07. The molecule has 0 amide bonds. The maximum Gasteiger partial charge on any atom is 0.0990 e. The Bertz CT molecular complexity index is 297. The van der Waals surface area contributed by atoms with E-state index >= 15 is 0 Å². The summed E-state index contributed by atoms with van der Waals surface area (Å²) in [5, 5.41) is 0. The fourth-order valence-electron chi connectivity index (χ4n) is 2.82. The van der Waals surface area contributed by atoms with E-state index in [1.165, 1.54) is 63.6 Å². The maximum atomic E-state index is 5.63. The van der Waals surface area contributed by atoms with Crippen LogP contribution in [-0.4, -0.2) is 36.9 Å². The Morgan fingerprint density at radius 1 is 1.05 bits per heavy atom. The number of nitrogens with zero attached hydrogens (tertiary/aromatic N) is 2. The summed E-state index contributed by atoms with van der Waals surface area (Å²) >= 11 is 0. The Morgan fingerprint density at radius 2 is 1.76 bits per heavy atom. The number of unbranched alkanes of at least 4 members (excludes halogenated alkanes) is 7. The van der Waals surface area contributed by atoms with Gasteiger partial charge in [-0.2, -0.15) is 0 Å². The van der Waals surface area contributed by atoms with E-state index in [1.807, 2.05) is 0 Å². The lowest BCUT2D eigenvalue weighted by Crippen LogP contribution is -2.32. The van der Waals surface area contributed by atoms with Gasteiger partial charge in [0, 0.05) is 26.1 Å². The van der Waals surface area contributed by atoms with Crippen molar-refractivity contribution in [2.45, 2.75) is 71.1 Å². The first-order chi connectivity index (χ1) is 10.4. The SMILES string of the molecule is CCC/C=C/CCCCCCCCC1=NCCN1CCN. The summed E-state index contributed by atoms with van der Waals surface area (Å²) in [6.07, 6.45) is 17.8. The van der Waals surface area contributed by atoms with Crippen LogP contribution < -0.4 is 5.73 Å². The van der Waals surface area contributed by atoms with Crippen molar-refractivity contribution in [2.24, 2.45) is 10.7 Å². The van der Waals surface area contributed by atoms with E-state index in [1.54, 1.807) is 0 Å². The number of hydrogen-bond acceptors (Lipinski definition) is 3. The van der Waals surface area contributed by atoms with Crippen molar-refractivity contribution in [3.63, 3.8) is 0 Å². The van der Waals surface area contributed by atoms with Crippen LogP contribution >= 0.6 is 0 Å². The molecule has 3 nitrogen and oxygen atoms in total. The molecule has 0 unspecified atom stereocenters. The molecule has 1 aliphatic rings. The topological polar surface area (TPSA) is 41.6 Å². The van der Waals surface area contributed by atoms with Crippen molar-refractivity contribution >= 4 is 5.84 Å². The van der Waals surface area contributed by atoms with Gasteiger partial charge >= 0.3 is 0 Å². The molecule has 0 spiro atoms. The van der Waals surface area contributed by atoms with E-state index in [4.69, 9.17) is 5.73 Å². The van der Waals surface area contributed by atoms with Crippen molar-refractivity contribution in [2.75, 3.05) is 26.2 Å². The van der Waals surface area contributed by atoms with E-state index in [-0.39, 0.29) is 0 Å². The highest BCUT2D eigenvalue weighted by molar-refractivity contribution is 5.83. The van der Waals surface area contributed by atoms with Crippen LogP contribution in [-0.2, 0) is 0 Å². The zero-order valence-electron chi connectivity index (χ0n) is 14.0. The third-order valence-corrected chi connectivity index (χ3v) is 4.07. The molecule has 0 atom stereocenters. The number of allylic oxidation sites excluding steroid dienone is 2. The van der Waals surface area contributed by atoms with E-state index in [0.717, 1.165) is 32.6 Å². The minimum atomic E-state index is 0.742. The average molecular weight is 293 g/mol. The van der Waals surface area contributed by atoms with Crippen LogP contribution in [0.5, 0.6) is 0 Å². The Morgan fingerprint density at radius 3 is 2.52 bits per heavy atom. The summed E-state index contributed by atoms with van der Waals surface area (Å²) in [5.74, 6) is 1.31. The second kappa shape index (κ2) is 12.9. The second-order valence-corrected chi connectivity index (χ2v) is 5.99. The average Bonchev–Trinajstić information content (AvgIpc) is 2.92. The van der Waals surface area contributed by atoms with Crippen molar-refractivity contribution in [1.82, 2.24) is 4.90 Å². The highest BCUT2D eigenvalue weighted by Crippen LogP contribution is 2.12. The van der Waals surface area contributed by atoms with Gasteiger partial charge in [0.25, 0.3) is 0 Å². The number of hydrogen-bond donors (Lipinski definition) is 1. The lowest BCUT2D eigenvalue weighted by molar-refractivity contribution is 0.456. The normalized spacial score (nSPS) is 15.1. The molecule has 0 saturated carbocycles. The molecule has 2 N–H and O–H groups in total. The molecule has 1 aliphatic heterocycles. The monoisotopic (exact) mass is 293 g/mol. The number of nitrogens with two attached hydrogens (primary N) is 1. The van der Waals surface area contributed by atoms with Gasteiger partial charge in [-0.1, -0.05) is 51.2 Å². The molecule has 0 saturated heterocycles. The van der Waals surface area contributed by atoms with Crippen LogP contribution in [0, 0.1) is 0 Å². The van der Waals surface area contributed by atoms with Gasteiger partial charge in [0.1, 0.15) is 0 Å². The quantitative estimate of drug-likeness (QED) is 0.409. The molecule has 3 heteroatoms. The predicted molar refractivity (Wildman–Crippen MR) is 93.9 cm³/mol. The van der Waals surface area contributed by atoms with E-state index in [0.29, 0.717) is 0 Å². The molecule has 21 heavy (non-hydrogen) atoms. The van der Waals surface area contributed by atoms with Crippen molar-refractivity contribution in [1.29, 1.82) is 0 Å². The first kappa shape index (κ1) is 18.2. The third kappa shape index (κ3) is 8.92. The maximum absolute atomic E-state index is 5.63. The highest BCUT2D eigenvalue weighted by Gasteiger charge is 2.14. The van der Waals surface area contributed by atoms with Gasteiger partial charge in [-0.3, -0.25) is 4.99 Å². The molecule has 0 aliphatic carbocycles. The predicted octanol–water partition coefficient (Wildman–Crippen LogP) is 4.14. The fourth-order valence-corrected chi connectivity index (χ4v) is 2.82. The molecule has 1 rings (SSSR count). The molecule has 122 valence electrons. The van der Waals surface area contributed by atoms with Crippen LogP contribution in [0.4, 0.5) is 0 Å². The van der Waals surface area contributed by atoms with E-state index < -0.39 is 0 Å². The molecule has 0 aromatic rings. The Balaban J connectivity index is 1.88. The van der Waals surface area contributed by atoms with Gasteiger partial charge in [0.05, 0.1) is 12.4 Å². The molecular weight excluding hydrogens is 258 g/mol. The van der Waals surface area contributed by atoms with Gasteiger partial charge in [0.15, 0.2) is 0 Å². The second-order valence-electron chi connectivity index (χ2n) is 5.99. The summed E-state index contributed by atoms with van der Waals surface area (Å²) in [7, 11) is 0.